The lowest BCUT2D eigenvalue weighted by Gasteiger charge is -2.08. The zero-order valence-corrected chi connectivity index (χ0v) is 9.49. The van der Waals surface area contributed by atoms with Crippen LogP contribution < -0.4 is 17.2 Å². The fraction of sp³-hybridized carbons (Fsp3) is 0.100. The summed E-state index contributed by atoms with van der Waals surface area (Å²) in [6.45, 7) is 1.77. The Kier molecular flexibility index (Phi) is 3.63. The molecule has 1 aromatic carbocycles. The lowest BCUT2D eigenvalue weighted by atomic mass is 10.1. The maximum atomic E-state index is 9.69. The van der Waals surface area contributed by atoms with E-state index in [-0.39, 0.29) is 17.4 Å². The van der Waals surface area contributed by atoms with Crippen LogP contribution in [0, 0.1) is 6.92 Å². The molecule has 0 aromatic heterocycles. The van der Waals surface area contributed by atoms with Gasteiger partial charge < -0.3 is 22.3 Å². The third-order valence-corrected chi connectivity index (χ3v) is 2.14. The van der Waals surface area contributed by atoms with Crippen molar-refractivity contribution >= 4 is 23.3 Å². The molecule has 0 fully saturated rings. The Hall–Kier alpha value is -1.88. The van der Waals surface area contributed by atoms with Crippen LogP contribution in [0.2, 0.25) is 5.02 Å². The highest BCUT2D eigenvalue weighted by atomic mass is 35.5. The molecule has 16 heavy (non-hydrogen) atoms. The van der Waals surface area contributed by atoms with Gasteiger partial charge in [0.25, 0.3) is 0 Å². The summed E-state index contributed by atoms with van der Waals surface area (Å²) in [5.41, 5.74) is 17.5. The van der Waals surface area contributed by atoms with Crippen LogP contribution in [0.3, 0.4) is 0 Å². The van der Waals surface area contributed by atoms with Gasteiger partial charge in [-0.25, -0.2) is 4.99 Å². The quantitative estimate of drug-likeness (QED) is 0.454. The number of aromatic hydroxyl groups is 1. The molecule has 0 aliphatic rings. The molecule has 0 unspecified atom stereocenters. The van der Waals surface area contributed by atoms with Gasteiger partial charge in [-0.2, -0.15) is 0 Å². The van der Waals surface area contributed by atoms with Crippen molar-refractivity contribution in [1.29, 1.82) is 0 Å². The summed E-state index contributed by atoms with van der Waals surface area (Å²) < 4.78 is 0. The summed E-state index contributed by atoms with van der Waals surface area (Å²) in [7, 11) is 0. The van der Waals surface area contributed by atoms with Crippen LogP contribution in [0.4, 0.5) is 0 Å². The van der Waals surface area contributed by atoms with E-state index < -0.39 is 0 Å². The Bertz CT molecular complexity index is 441. The molecule has 0 atom stereocenters. The highest BCUT2D eigenvalue weighted by Gasteiger charge is 2.09. The molecular weight excluding hydrogens is 228 g/mol. The minimum atomic E-state index is -0.103. The predicted octanol–water partition coefficient (Wildman–Crippen LogP) is 0.885. The van der Waals surface area contributed by atoms with Crippen LogP contribution in [0.5, 0.6) is 5.75 Å². The van der Waals surface area contributed by atoms with Crippen LogP contribution >= 0.6 is 11.6 Å². The summed E-state index contributed by atoms with van der Waals surface area (Å²) in [5, 5.41) is 10.1. The van der Waals surface area contributed by atoms with Crippen molar-refractivity contribution in [3.8, 4) is 5.75 Å². The topological polar surface area (TPSA) is 111 Å². The zero-order valence-electron chi connectivity index (χ0n) is 8.74. The first-order chi connectivity index (χ1) is 7.41. The first kappa shape index (κ1) is 12.2. The Labute approximate surface area is 98.2 Å². The number of rotatable bonds is 2. The van der Waals surface area contributed by atoms with Crippen LogP contribution in [0.25, 0.3) is 5.70 Å². The second-order valence-electron chi connectivity index (χ2n) is 3.26. The zero-order chi connectivity index (χ0) is 12.3. The van der Waals surface area contributed by atoms with Gasteiger partial charge in [0.15, 0.2) is 5.96 Å². The Morgan fingerprint density at radius 1 is 1.38 bits per heavy atom. The van der Waals surface area contributed by atoms with Gasteiger partial charge in [-0.3, -0.25) is 0 Å². The predicted molar refractivity (Wildman–Crippen MR) is 65.8 cm³/mol. The van der Waals surface area contributed by atoms with E-state index >= 15 is 0 Å². The first-order valence-electron chi connectivity index (χ1n) is 4.45. The molecule has 6 heteroatoms. The van der Waals surface area contributed by atoms with Crippen molar-refractivity contribution in [3.05, 3.63) is 34.5 Å². The van der Waals surface area contributed by atoms with Crippen molar-refractivity contribution in [2.45, 2.75) is 6.92 Å². The second-order valence-corrected chi connectivity index (χ2v) is 3.69. The molecule has 0 aliphatic heterocycles. The highest BCUT2D eigenvalue weighted by Crippen LogP contribution is 2.29. The molecule has 0 radical (unpaired) electrons. The van der Waals surface area contributed by atoms with E-state index in [9.17, 15) is 5.11 Å². The molecule has 86 valence electrons. The van der Waals surface area contributed by atoms with Gasteiger partial charge in [0.2, 0.25) is 0 Å². The molecule has 5 nitrogen and oxygen atoms in total. The van der Waals surface area contributed by atoms with Crippen LogP contribution in [-0.4, -0.2) is 11.1 Å². The average molecular weight is 241 g/mol. The van der Waals surface area contributed by atoms with Crippen molar-refractivity contribution in [2.24, 2.45) is 22.2 Å². The number of phenolic OH excluding ortho intramolecular Hbond substituents is 1. The number of hydrogen-bond donors (Lipinski definition) is 4. The maximum absolute atomic E-state index is 9.69. The number of guanidine groups is 1. The van der Waals surface area contributed by atoms with Gasteiger partial charge in [0.05, 0.1) is 11.9 Å². The van der Waals surface area contributed by atoms with Gasteiger partial charge in [0.1, 0.15) is 5.75 Å². The Morgan fingerprint density at radius 3 is 2.50 bits per heavy atom. The van der Waals surface area contributed by atoms with E-state index in [0.717, 1.165) is 5.56 Å². The Balaban J connectivity index is 3.24. The van der Waals surface area contributed by atoms with Crippen LogP contribution in [-0.2, 0) is 0 Å². The first-order valence-corrected chi connectivity index (χ1v) is 4.83. The van der Waals surface area contributed by atoms with E-state index in [0.29, 0.717) is 10.6 Å². The molecule has 0 aliphatic carbocycles. The van der Waals surface area contributed by atoms with Gasteiger partial charge >= 0.3 is 0 Å². The number of nitrogens with zero attached hydrogens (tertiary/aromatic N) is 1. The fourth-order valence-corrected chi connectivity index (χ4v) is 1.58. The molecule has 0 bridgehead atoms. The monoisotopic (exact) mass is 240 g/mol. The van der Waals surface area contributed by atoms with Gasteiger partial charge in [-0.05, 0) is 24.6 Å². The minimum Gasteiger partial charge on any atom is -0.507 e. The number of halogens is 1. The largest absolute Gasteiger partial charge is 0.507 e. The number of benzene rings is 1. The molecule has 0 spiro atoms. The molecule has 0 amide bonds. The second kappa shape index (κ2) is 4.76. The lowest BCUT2D eigenvalue weighted by Crippen LogP contribution is -2.22. The average Bonchev–Trinajstić information content (AvgIpc) is 2.12. The number of phenols is 1. The van der Waals surface area contributed by atoms with E-state index in [1.54, 1.807) is 13.0 Å². The molecular formula is C10H13ClN4O. The van der Waals surface area contributed by atoms with Crippen molar-refractivity contribution < 1.29 is 5.11 Å². The van der Waals surface area contributed by atoms with E-state index in [2.05, 4.69) is 4.99 Å². The summed E-state index contributed by atoms with van der Waals surface area (Å²) >= 11 is 5.77. The van der Waals surface area contributed by atoms with Gasteiger partial charge in [-0.15, -0.1) is 0 Å². The van der Waals surface area contributed by atoms with Crippen molar-refractivity contribution in [3.63, 3.8) is 0 Å². The third-order valence-electron chi connectivity index (χ3n) is 1.92. The summed E-state index contributed by atoms with van der Waals surface area (Å²) in [5.74, 6) is -0.112. The third kappa shape index (κ3) is 2.80. The number of aliphatic imine (C=N–C) groups is 1. The van der Waals surface area contributed by atoms with Gasteiger partial charge in [-0.1, -0.05) is 11.6 Å². The molecule has 0 heterocycles. The van der Waals surface area contributed by atoms with Crippen LogP contribution in [0.15, 0.2) is 23.3 Å². The lowest BCUT2D eigenvalue weighted by molar-refractivity contribution is 0.473. The summed E-state index contributed by atoms with van der Waals surface area (Å²) in [6, 6.07) is 3.09. The van der Waals surface area contributed by atoms with E-state index in [1.807, 2.05) is 0 Å². The van der Waals surface area contributed by atoms with E-state index in [4.69, 9.17) is 28.8 Å². The number of aryl methyl sites for hydroxylation is 1. The molecule has 7 N–H and O–H groups in total. The standard InChI is InChI=1S/C10H13ClN4O/c1-5-2-6(11)3-8(16)9(5)7(12)4-15-10(13)14/h2-4,16H,12H2,1H3,(H4,13,14,15)/b7-4-. The number of hydrogen-bond acceptors (Lipinski definition) is 3. The van der Waals surface area contributed by atoms with Gasteiger partial charge in [0, 0.05) is 10.6 Å². The molecule has 0 saturated heterocycles. The molecule has 0 saturated carbocycles. The molecule has 1 rings (SSSR count). The highest BCUT2D eigenvalue weighted by molar-refractivity contribution is 6.30. The fourth-order valence-electron chi connectivity index (χ4n) is 1.31. The SMILES string of the molecule is Cc1cc(Cl)cc(O)c1/C(N)=C/N=C(N)N. The molecule has 1 aromatic rings. The summed E-state index contributed by atoms with van der Waals surface area (Å²) in [6.07, 6.45) is 1.28. The minimum absolute atomic E-state index is 0.00968. The normalized spacial score (nSPS) is 11.2. The maximum Gasteiger partial charge on any atom is 0.190 e. The van der Waals surface area contributed by atoms with Crippen LogP contribution in [0.1, 0.15) is 11.1 Å². The summed E-state index contributed by atoms with van der Waals surface area (Å²) in [4.78, 5) is 3.65. The van der Waals surface area contributed by atoms with Crippen molar-refractivity contribution in [2.75, 3.05) is 0 Å². The number of nitrogens with two attached hydrogens (primary N) is 3. The van der Waals surface area contributed by atoms with Crippen molar-refractivity contribution in [1.82, 2.24) is 0 Å². The smallest absolute Gasteiger partial charge is 0.190 e. The van der Waals surface area contributed by atoms with E-state index in [1.165, 1.54) is 12.3 Å². The Morgan fingerprint density at radius 2 is 2.00 bits per heavy atom.